The predicted octanol–water partition coefficient (Wildman–Crippen LogP) is 2.04. The van der Waals surface area contributed by atoms with Crippen LogP contribution in [0.15, 0.2) is 18.5 Å². The van der Waals surface area contributed by atoms with Gasteiger partial charge in [-0.3, -0.25) is 9.78 Å². The molecule has 1 aliphatic heterocycles. The summed E-state index contributed by atoms with van der Waals surface area (Å²) in [6.45, 7) is 10.6. The van der Waals surface area contributed by atoms with Gasteiger partial charge in [0.05, 0.1) is 5.41 Å². The average Bonchev–Trinajstić information content (AvgIpc) is 2.52. The summed E-state index contributed by atoms with van der Waals surface area (Å²) >= 11 is 0. The molecule has 1 aromatic rings. The molecule has 0 spiro atoms. The summed E-state index contributed by atoms with van der Waals surface area (Å²) in [6, 6.07) is 1.96. The molecule has 122 valence electrons. The maximum Gasteiger partial charge on any atom is 0.227 e. The first-order valence-electron chi connectivity index (χ1n) is 8.20. The van der Waals surface area contributed by atoms with Gasteiger partial charge in [-0.2, -0.15) is 0 Å². The Morgan fingerprint density at radius 1 is 1.45 bits per heavy atom. The molecule has 1 fully saturated rings. The highest BCUT2D eigenvalue weighted by Gasteiger charge is 2.36. The third-order valence-corrected chi connectivity index (χ3v) is 4.52. The Morgan fingerprint density at radius 2 is 2.27 bits per heavy atom. The van der Waals surface area contributed by atoms with Crippen molar-refractivity contribution < 1.29 is 4.79 Å². The van der Waals surface area contributed by atoms with Gasteiger partial charge in [0.1, 0.15) is 0 Å². The summed E-state index contributed by atoms with van der Waals surface area (Å²) in [7, 11) is 0. The third kappa shape index (κ3) is 4.19. The van der Waals surface area contributed by atoms with E-state index in [1.165, 1.54) is 0 Å². The van der Waals surface area contributed by atoms with Gasteiger partial charge in [-0.05, 0) is 51.4 Å². The third-order valence-electron chi connectivity index (χ3n) is 4.52. The van der Waals surface area contributed by atoms with Crippen LogP contribution in [0, 0.1) is 12.3 Å². The lowest BCUT2D eigenvalue weighted by molar-refractivity contribution is -0.133. The molecule has 0 radical (unpaired) electrons. The van der Waals surface area contributed by atoms with Crippen LogP contribution in [0.2, 0.25) is 0 Å². The van der Waals surface area contributed by atoms with Gasteiger partial charge in [0.25, 0.3) is 0 Å². The molecule has 1 saturated heterocycles. The molecule has 2 rings (SSSR count). The SMILES string of the molecule is CCN1CCC[C@@](C)(C(=O)NCCNc2ccncc2C)C1. The molecule has 2 heterocycles. The molecule has 0 aliphatic carbocycles. The molecule has 5 nitrogen and oxygen atoms in total. The fraction of sp³-hybridized carbons (Fsp3) is 0.647. The number of hydrogen-bond acceptors (Lipinski definition) is 4. The first-order valence-corrected chi connectivity index (χ1v) is 8.20. The van der Waals surface area contributed by atoms with Gasteiger partial charge in [-0.1, -0.05) is 6.92 Å². The minimum absolute atomic E-state index is 0.180. The van der Waals surface area contributed by atoms with Crippen molar-refractivity contribution in [2.75, 3.05) is 38.0 Å². The summed E-state index contributed by atoms with van der Waals surface area (Å²) < 4.78 is 0. The van der Waals surface area contributed by atoms with Crippen LogP contribution in [0.5, 0.6) is 0 Å². The van der Waals surface area contributed by atoms with E-state index in [4.69, 9.17) is 0 Å². The molecule has 1 aliphatic rings. The number of aryl methyl sites for hydroxylation is 1. The van der Waals surface area contributed by atoms with Crippen molar-refractivity contribution in [2.24, 2.45) is 5.41 Å². The molecule has 1 aromatic heterocycles. The molecule has 0 bridgehead atoms. The molecule has 0 aromatic carbocycles. The second-order valence-electron chi connectivity index (χ2n) is 6.41. The van der Waals surface area contributed by atoms with Gasteiger partial charge in [-0.25, -0.2) is 0 Å². The number of hydrogen-bond donors (Lipinski definition) is 2. The van der Waals surface area contributed by atoms with Crippen molar-refractivity contribution in [2.45, 2.75) is 33.6 Å². The van der Waals surface area contributed by atoms with E-state index in [1.807, 2.05) is 19.2 Å². The number of likely N-dealkylation sites (tertiary alicyclic amines) is 1. The standard InChI is InChI=1S/C17H28N4O/c1-4-21-11-5-7-17(3,13-21)16(22)20-10-9-19-15-6-8-18-12-14(15)2/h6,8,12H,4-5,7,9-11,13H2,1-3H3,(H,18,19)(H,20,22)/t17-/m1/s1. The number of rotatable bonds is 6. The summed E-state index contributed by atoms with van der Waals surface area (Å²) in [5.74, 6) is 0.180. The predicted molar refractivity (Wildman–Crippen MR) is 89.9 cm³/mol. The Kier molecular flexibility index (Phi) is 5.77. The number of aromatic nitrogens is 1. The number of carbonyl (C=O) groups excluding carboxylic acids is 1. The van der Waals surface area contributed by atoms with Crippen LogP contribution >= 0.6 is 0 Å². The minimum Gasteiger partial charge on any atom is -0.383 e. The molecule has 1 amide bonds. The number of pyridine rings is 1. The van der Waals surface area contributed by atoms with E-state index >= 15 is 0 Å². The lowest BCUT2D eigenvalue weighted by atomic mass is 9.81. The topological polar surface area (TPSA) is 57.3 Å². The lowest BCUT2D eigenvalue weighted by Crippen LogP contribution is -2.50. The molecule has 0 saturated carbocycles. The maximum atomic E-state index is 12.5. The Bertz CT molecular complexity index is 505. The highest BCUT2D eigenvalue weighted by atomic mass is 16.2. The molecule has 0 unspecified atom stereocenters. The zero-order valence-corrected chi connectivity index (χ0v) is 14.0. The van der Waals surface area contributed by atoms with Gasteiger partial charge in [-0.15, -0.1) is 0 Å². The van der Waals surface area contributed by atoms with E-state index in [-0.39, 0.29) is 11.3 Å². The van der Waals surface area contributed by atoms with Crippen LogP contribution in [0.3, 0.4) is 0 Å². The largest absolute Gasteiger partial charge is 0.383 e. The van der Waals surface area contributed by atoms with Crippen molar-refractivity contribution in [1.29, 1.82) is 0 Å². The first-order chi connectivity index (χ1) is 10.5. The number of anilines is 1. The maximum absolute atomic E-state index is 12.5. The van der Waals surface area contributed by atoms with Crippen LogP contribution in [0.4, 0.5) is 5.69 Å². The number of amides is 1. The highest BCUT2D eigenvalue weighted by molar-refractivity contribution is 5.82. The van der Waals surface area contributed by atoms with Gasteiger partial charge in [0.2, 0.25) is 5.91 Å². The van der Waals surface area contributed by atoms with Gasteiger partial charge < -0.3 is 15.5 Å². The summed E-state index contributed by atoms with van der Waals surface area (Å²) in [6.07, 6.45) is 5.69. The number of carbonyl (C=O) groups is 1. The average molecular weight is 304 g/mol. The summed E-state index contributed by atoms with van der Waals surface area (Å²) in [5, 5.41) is 6.42. The van der Waals surface area contributed by atoms with Gasteiger partial charge in [0, 0.05) is 37.7 Å². The van der Waals surface area contributed by atoms with Crippen molar-refractivity contribution in [3.63, 3.8) is 0 Å². The zero-order valence-electron chi connectivity index (χ0n) is 14.0. The Labute approximate surface area is 133 Å². The monoisotopic (exact) mass is 304 g/mol. The fourth-order valence-corrected chi connectivity index (χ4v) is 3.06. The number of nitrogens with zero attached hydrogens (tertiary/aromatic N) is 2. The second kappa shape index (κ2) is 7.58. The van der Waals surface area contributed by atoms with Crippen LogP contribution in [-0.2, 0) is 4.79 Å². The molecule has 5 heteroatoms. The summed E-state index contributed by atoms with van der Waals surface area (Å²) in [4.78, 5) is 18.9. The van der Waals surface area contributed by atoms with Gasteiger partial charge >= 0.3 is 0 Å². The van der Waals surface area contributed by atoms with Crippen LogP contribution in [0.25, 0.3) is 0 Å². The van der Waals surface area contributed by atoms with Crippen molar-refractivity contribution >= 4 is 11.6 Å². The van der Waals surface area contributed by atoms with E-state index in [1.54, 1.807) is 6.20 Å². The normalized spacial score (nSPS) is 22.3. The van der Waals surface area contributed by atoms with Crippen LogP contribution in [-0.4, -0.2) is 48.5 Å². The first kappa shape index (κ1) is 16.7. The van der Waals surface area contributed by atoms with Crippen molar-refractivity contribution in [1.82, 2.24) is 15.2 Å². The fourth-order valence-electron chi connectivity index (χ4n) is 3.06. The van der Waals surface area contributed by atoms with Crippen molar-refractivity contribution in [3.8, 4) is 0 Å². The highest BCUT2D eigenvalue weighted by Crippen LogP contribution is 2.29. The zero-order chi connectivity index (χ0) is 16.0. The Balaban J connectivity index is 1.76. The van der Waals surface area contributed by atoms with Gasteiger partial charge in [0.15, 0.2) is 0 Å². The van der Waals surface area contributed by atoms with E-state index in [0.29, 0.717) is 6.54 Å². The lowest BCUT2D eigenvalue weighted by Gasteiger charge is -2.38. The van der Waals surface area contributed by atoms with Crippen molar-refractivity contribution in [3.05, 3.63) is 24.0 Å². The Morgan fingerprint density at radius 3 is 3.00 bits per heavy atom. The molecular weight excluding hydrogens is 276 g/mol. The molecule has 1 atom stereocenters. The van der Waals surface area contributed by atoms with E-state index < -0.39 is 0 Å². The number of piperidine rings is 1. The second-order valence-corrected chi connectivity index (χ2v) is 6.41. The van der Waals surface area contributed by atoms with Crippen LogP contribution in [0.1, 0.15) is 32.3 Å². The van der Waals surface area contributed by atoms with E-state index in [9.17, 15) is 4.79 Å². The summed E-state index contributed by atoms with van der Waals surface area (Å²) in [5.41, 5.74) is 1.94. The minimum atomic E-state index is -0.249. The molecule has 22 heavy (non-hydrogen) atoms. The van der Waals surface area contributed by atoms with Crippen LogP contribution < -0.4 is 10.6 Å². The van der Waals surface area contributed by atoms with E-state index in [2.05, 4.69) is 34.4 Å². The van der Waals surface area contributed by atoms with E-state index in [0.717, 1.165) is 50.3 Å². The number of nitrogens with one attached hydrogen (secondary N) is 2. The Hall–Kier alpha value is -1.62. The molecule has 2 N–H and O–H groups in total. The smallest absolute Gasteiger partial charge is 0.227 e. The quantitative estimate of drug-likeness (QED) is 0.790. The molecular formula is C17H28N4O.